The van der Waals surface area contributed by atoms with E-state index in [4.69, 9.17) is 23.7 Å². The standard InChI is InChI=1S/C48H75N5O10/c1-14-37-48(11)41(53(45(58)63-48)22-16-15-21-52-27-35(50-28-52)34-18-17-20-49-26-34)31(4)38(54)29(2)25-47(10,59-13)42(32(5)39(55)33(6)43(57)61-37)62-44-40(56)36(24-30(3)60-44)51(12)23-19-46(7,8)9/h17-18,20,26-33,36-37,40-42,44,56H,14-16,19,21-25H2,1-13H3/t29-,30-,31+,32+,33-,36+,37-,40-,41-,42-,44+,47-,48-/m1/s1. The van der Waals surface area contributed by atoms with Crippen molar-refractivity contribution < 1.29 is 48.0 Å². The van der Waals surface area contributed by atoms with E-state index in [0.29, 0.717) is 32.4 Å². The Hall–Kier alpha value is -3.76. The lowest BCUT2D eigenvalue weighted by Crippen LogP contribution is -2.60. The average Bonchev–Trinajstić information content (AvgIpc) is 3.82. The van der Waals surface area contributed by atoms with Crippen LogP contribution >= 0.6 is 0 Å². The SMILES string of the molecule is CC[C@H]1OC(=O)[C@H](C)C(=O)[C@H](C)[C@@H](O[C@@H]2O[C@H](C)C[C@H](N(C)CCC(C)(C)C)[C@H]2O)[C@](C)(OC)C[C@@H](C)C(=O)[C@H](C)[C@H]2N(CCCCn3cnc(-c4cccnc4)c3)C(=O)O[C@]12C. The number of carbonyl (C=O) groups is 4. The molecule has 3 aliphatic heterocycles. The van der Waals surface area contributed by atoms with Crippen LogP contribution in [0, 0.1) is 29.1 Å². The van der Waals surface area contributed by atoms with E-state index in [9.17, 15) is 24.3 Å². The van der Waals surface area contributed by atoms with Gasteiger partial charge in [-0.05, 0) is 97.4 Å². The summed E-state index contributed by atoms with van der Waals surface area (Å²) in [4.78, 5) is 69.8. The summed E-state index contributed by atoms with van der Waals surface area (Å²) in [6, 6.07) is 2.74. The molecule has 3 aliphatic rings. The van der Waals surface area contributed by atoms with Gasteiger partial charge in [-0.1, -0.05) is 48.5 Å². The second kappa shape index (κ2) is 20.6. The van der Waals surface area contributed by atoms with Crippen molar-refractivity contribution in [1.82, 2.24) is 24.3 Å². The summed E-state index contributed by atoms with van der Waals surface area (Å²) in [7, 11) is 3.50. The Labute approximate surface area is 374 Å². The van der Waals surface area contributed by atoms with Gasteiger partial charge >= 0.3 is 12.1 Å². The first-order chi connectivity index (χ1) is 29.5. The highest BCUT2D eigenvalue weighted by atomic mass is 16.7. The Balaban J connectivity index is 1.42. The van der Waals surface area contributed by atoms with Crippen molar-refractivity contribution >= 4 is 23.6 Å². The molecule has 0 saturated carbocycles. The zero-order chi connectivity index (χ0) is 46.6. The lowest BCUT2D eigenvalue weighted by molar-refractivity contribution is -0.296. The number of cyclic esters (lactones) is 1. The molecule has 0 aromatic carbocycles. The molecule has 0 spiro atoms. The molecule has 15 heteroatoms. The summed E-state index contributed by atoms with van der Waals surface area (Å²) in [6.07, 6.45) is 5.33. The van der Waals surface area contributed by atoms with Gasteiger partial charge in [0.05, 0.1) is 35.9 Å². The smallest absolute Gasteiger partial charge is 0.410 e. The molecule has 1 amide bonds. The van der Waals surface area contributed by atoms with Crippen molar-refractivity contribution in [2.24, 2.45) is 29.1 Å². The minimum atomic E-state index is -1.41. The van der Waals surface area contributed by atoms with E-state index < -0.39 is 83.4 Å². The molecular weight excluding hydrogens is 807 g/mol. The van der Waals surface area contributed by atoms with Crippen LogP contribution in [0.2, 0.25) is 0 Å². The van der Waals surface area contributed by atoms with Gasteiger partial charge < -0.3 is 43.2 Å². The fourth-order valence-corrected chi connectivity index (χ4v) is 10.0. The maximum absolute atomic E-state index is 14.8. The van der Waals surface area contributed by atoms with Gasteiger partial charge in [0.2, 0.25) is 0 Å². The zero-order valence-electron chi connectivity index (χ0n) is 40.0. The second-order valence-corrected chi connectivity index (χ2v) is 20.2. The van der Waals surface area contributed by atoms with Gasteiger partial charge in [-0.15, -0.1) is 0 Å². The number of esters is 1. The number of hydrogen-bond donors (Lipinski definition) is 1. The van der Waals surface area contributed by atoms with E-state index >= 15 is 0 Å². The molecule has 0 unspecified atom stereocenters. The third-order valence-corrected chi connectivity index (χ3v) is 13.9. The Morgan fingerprint density at radius 2 is 1.71 bits per heavy atom. The molecule has 15 nitrogen and oxygen atoms in total. The highest BCUT2D eigenvalue weighted by Crippen LogP contribution is 2.43. The molecule has 352 valence electrons. The van der Waals surface area contributed by atoms with Gasteiger partial charge in [0.15, 0.2) is 17.7 Å². The van der Waals surface area contributed by atoms with Crippen LogP contribution in [0.3, 0.4) is 0 Å². The molecule has 13 atom stereocenters. The number of aliphatic hydroxyl groups is 1. The monoisotopic (exact) mass is 882 g/mol. The Morgan fingerprint density at radius 1 is 1.02 bits per heavy atom. The first kappa shape index (κ1) is 50.2. The molecule has 2 aromatic heterocycles. The summed E-state index contributed by atoms with van der Waals surface area (Å²) in [5.74, 6) is -4.97. The number of carbonyl (C=O) groups excluding carboxylic acids is 4. The minimum Gasteiger partial charge on any atom is -0.458 e. The van der Waals surface area contributed by atoms with Crippen LogP contribution in [0.1, 0.15) is 115 Å². The van der Waals surface area contributed by atoms with Gasteiger partial charge in [-0.2, -0.15) is 0 Å². The molecule has 3 fully saturated rings. The zero-order valence-corrected chi connectivity index (χ0v) is 40.0. The largest absolute Gasteiger partial charge is 0.458 e. The fourth-order valence-electron chi connectivity index (χ4n) is 10.0. The summed E-state index contributed by atoms with van der Waals surface area (Å²) in [6.45, 7) is 22.3. The number of pyridine rings is 1. The predicted octanol–water partition coefficient (Wildman–Crippen LogP) is 6.74. The molecule has 5 heterocycles. The van der Waals surface area contributed by atoms with Crippen molar-refractivity contribution in [2.45, 2.75) is 175 Å². The molecule has 63 heavy (non-hydrogen) atoms. The highest BCUT2D eigenvalue weighted by molar-refractivity contribution is 6.00. The maximum Gasteiger partial charge on any atom is 0.410 e. The number of rotatable bonds is 13. The van der Waals surface area contributed by atoms with E-state index in [1.165, 1.54) is 14.0 Å². The van der Waals surface area contributed by atoms with E-state index in [1.54, 1.807) is 51.3 Å². The molecule has 0 radical (unpaired) electrons. The number of imidazole rings is 1. The third kappa shape index (κ3) is 11.4. The van der Waals surface area contributed by atoms with Crippen LogP contribution in [0.5, 0.6) is 0 Å². The molecule has 2 aromatic rings. The number of nitrogens with zero attached hydrogens (tertiary/aromatic N) is 5. The Kier molecular flexibility index (Phi) is 16.4. The highest BCUT2D eigenvalue weighted by Gasteiger charge is 2.60. The number of hydrogen-bond acceptors (Lipinski definition) is 13. The van der Waals surface area contributed by atoms with Crippen LogP contribution in [-0.4, -0.2) is 134 Å². The number of aliphatic hydroxyl groups excluding tert-OH is 1. The topological polar surface area (TPSA) is 172 Å². The molecular formula is C48H75N5O10. The van der Waals surface area contributed by atoms with E-state index in [2.05, 4.69) is 35.6 Å². The summed E-state index contributed by atoms with van der Waals surface area (Å²) >= 11 is 0. The van der Waals surface area contributed by atoms with E-state index in [-0.39, 0.29) is 36.2 Å². The van der Waals surface area contributed by atoms with Crippen molar-refractivity contribution in [2.75, 3.05) is 27.2 Å². The maximum atomic E-state index is 14.8. The van der Waals surface area contributed by atoms with Gasteiger partial charge in [0.1, 0.15) is 23.9 Å². The van der Waals surface area contributed by atoms with Gasteiger partial charge in [0.25, 0.3) is 0 Å². The van der Waals surface area contributed by atoms with Crippen molar-refractivity contribution in [3.05, 3.63) is 37.1 Å². The minimum absolute atomic E-state index is 0.0965. The summed E-state index contributed by atoms with van der Waals surface area (Å²) in [5.41, 5.74) is -0.861. The molecule has 3 saturated heterocycles. The number of methoxy groups -OCH3 is 1. The number of amides is 1. The second-order valence-electron chi connectivity index (χ2n) is 20.2. The first-order valence-electron chi connectivity index (χ1n) is 23.0. The third-order valence-electron chi connectivity index (χ3n) is 13.9. The number of fused-ring (bicyclic) bond motifs is 1. The van der Waals surface area contributed by atoms with Crippen molar-refractivity contribution in [1.29, 1.82) is 0 Å². The van der Waals surface area contributed by atoms with Gasteiger partial charge in [0, 0.05) is 68.1 Å². The number of ketones is 2. The van der Waals surface area contributed by atoms with Crippen LogP contribution < -0.4 is 0 Å². The molecule has 1 N–H and O–H groups in total. The molecule has 5 rings (SSSR count). The molecule has 0 aliphatic carbocycles. The number of ether oxygens (including phenoxy) is 5. The van der Waals surface area contributed by atoms with E-state index in [0.717, 1.165) is 24.2 Å². The number of aryl methyl sites for hydroxylation is 1. The van der Waals surface area contributed by atoms with Crippen LogP contribution in [0.4, 0.5) is 4.79 Å². The van der Waals surface area contributed by atoms with Crippen LogP contribution in [-0.2, 0) is 44.6 Å². The predicted molar refractivity (Wildman–Crippen MR) is 237 cm³/mol. The van der Waals surface area contributed by atoms with Gasteiger partial charge in [-0.25, -0.2) is 9.78 Å². The van der Waals surface area contributed by atoms with Crippen molar-refractivity contribution in [3.8, 4) is 11.3 Å². The Bertz CT molecular complexity index is 1870. The lowest BCUT2D eigenvalue weighted by atomic mass is 9.73. The number of aromatic nitrogens is 3. The Morgan fingerprint density at radius 3 is 2.35 bits per heavy atom. The number of unbranched alkanes of at least 4 members (excludes halogenated alkanes) is 1. The van der Waals surface area contributed by atoms with E-state index in [1.807, 2.05) is 50.7 Å². The van der Waals surface area contributed by atoms with Crippen molar-refractivity contribution in [3.63, 3.8) is 0 Å². The quantitative estimate of drug-likeness (QED) is 0.128. The van der Waals surface area contributed by atoms with Crippen LogP contribution in [0.15, 0.2) is 37.1 Å². The summed E-state index contributed by atoms with van der Waals surface area (Å²) < 4.78 is 33.7. The van der Waals surface area contributed by atoms with Crippen LogP contribution in [0.25, 0.3) is 11.3 Å². The number of likely N-dealkylation sites (N-methyl/N-ethyl adjacent to an activating group) is 1. The lowest BCUT2D eigenvalue weighted by Gasteiger charge is -2.47. The fraction of sp³-hybridized carbons (Fsp3) is 0.750. The molecule has 0 bridgehead atoms. The normalized spacial score (nSPS) is 35.0. The van der Waals surface area contributed by atoms with Gasteiger partial charge in [-0.3, -0.25) is 19.4 Å². The first-order valence-corrected chi connectivity index (χ1v) is 23.0. The summed E-state index contributed by atoms with van der Waals surface area (Å²) in [5, 5.41) is 11.9. The average molecular weight is 882 g/mol. The number of Topliss-reactive ketones (excluding diaryl/α,β-unsaturated/α-hetero) is 2.